The maximum Gasteiger partial charge on any atom is 0.256 e. The summed E-state index contributed by atoms with van der Waals surface area (Å²) < 4.78 is 15.8. The van der Waals surface area contributed by atoms with Gasteiger partial charge in [-0.1, -0.05) is 34.5 Å². The molecule has 4 nitrogen and oxygen atoms in total. The van der Waals surface area contributed by atoms with Gasteiger partial charge in [0, 0.05) is 23.6 Å². The van der Waals surface area contributed by atoms with Gasteiger partial charge in [0.25, 0.3) is 5.91 Å². The molecule has 1 aromatic carbocycles. The van der Waals surface area contributed by atoms with E-state index in [9.17, 15) is 9.18 Å². The smallest absolute Gasteiger partial charge is 0.256 e. The number of benzene rings is 1. The van der Waals surface area contributed by atoms with E-state index in [1.165, 1.54) is 10.7 Å². The molecule has 1 N–H and O–H groups in total. The summed E-state index contributed by atoms with van der Waals surface area (Å²) in [4.78, 5) is 12.2. The van der Waals surface area contributed by atoms with Crippen molar-refractivity contribution in [2.45, 2.75) is 19.9 Å². The van der Waals surface area contributed by atoms with Crippen molar-refractivity contribution in [2.24, 2.45) is 7.05 Å². The standard InChI is InChI=1S/C14H14BrClFN3O/c1-3-11-12(13(16)20(2)19-11)14(21)18-7-8-6-9(15)4-5-10(8)17/h4-6H,3,7H2,1-2H3,(H,18,21). The summed E-state index contributed by atoms with van der Waals surface area (Å²) in [5, 5.41) is 7.13. The van der Waals surface area contributed by atoms with Crippen LogP contribution in [0.15, 0.2) is 22.7 Å². The lowest BCUT2D eigenvalue weighted by Gasteiger charge is -2.07. The Morgan fingerprint density at radius 3 is 2.90 bits per heavy atom. The fourth-order valence-corrected chi connectivity index (χ4v) is 2.61. The lowest BCUT2D eigenvalue weighted by molar-refractivity contribution is 0.0950. The van der Waals surface area contributed by atoms with Gasteiger partial charge >= 0.3 is 0 Å². The monoisotopic (exact) mass is 373 g/mol. The zero-order chi connectivity index (χ0) is 15.6. The molecule has 0 saturated heterocycles. The second kappa shape index (κ2) is 6.58. The van der Waals surface area contributed by atoms with Crippen molar-refractivity contribution in [3.63, 3.8) is 0 Å². The number of carbonyl (C=O) groups is 1. The molecule has 7 heteroatoms. The quantitative estimate of drug-likeness (QED) is 0.891. The van der Waals surface area contributed by atoms with E-state index in [1.54, 1.807) is 19.2 Å². The first kappa shape index (κ1) is 16.0. The first-order valence-electron chi connectivity index (χ1n) is 6.37. The molecule has 0 fully saturated rings. The molecule has 0 saturated carbocycles. The number of hydrogen-bond donors (Lipinski definition) is 1. The highest BCUT2D eigenvalue weighted by atomic mass is 79.9. The summed E-state index contributed by atoms with van der Waals surface area (Å²) in [5.74, 6) is -0.726. The molecule has 21 heavy (non-hydrogen) atoms. The molecule has 1 heterocycles. The summed E-state index contributed by atoms with van der Waals surface area (Å²) in [6.45, 7) is 1.97. The molecule has 0 unspecified atom stereocenters. The Balaban J connectivity index is 2.17. The summed E-state index contributed by atoms with van der Waals surface area (Å²) in [7, 11) is 1.67. The molecule has 2 rings (SSSR count). The van der Waals surface area contributed by atoms with Gasteiger partial charge in [0.2, 0.25) is 0 Å². The van der Waals surface area contributed by atoms with Crippen LogP contribution in [-0.2, 0) is 20.0 Å². The molecule has 2 aromatic rings. The number of aryl methyl sites for hydroxylation is 2. The third-order valence-electron chi connectivity index (χ3n) is 3.06. The van der Waals surface area contributed by atoms with Crippen LogP contribution < -0.4 is 5.32 Å². The number of hydrogen-bond acceptors (Lipinski definition) is 2. The van der Waals surface area contributed by atoms with Crippen LogP contribution in [0.3, 0.4) is 0 Å². The molecule has 0 aliphatic rings. The molecule has 1 amide bonds. The number of aromatic nitrogens is 2. The molecule has 0 radical (unpaired) electrons. The van der Waals surface area contributed by atoms with Crippen LogP contribution in [0.1, 0.15) is 28.5 Å². The van der Waals surface area contributed by atoms with Gasteiger partial charge in [0.1, 0.15) is 11.0 Å². The highest BCUT2D eigenvalue weighted by molar-refractivity contribution is 9.10. The van der Waals surface area contributed by atoms with Crippen molar-refractivity contribution in [1.29, 1.82) is 0 Å². The number of amides is 1. The minimum absolute atomic E-state index is 0.0818. The highest BCUT2D eigenvalue weighted by Crippen LogP contribution is 2.20. The maximum absolute atomic E-state index is 13.6. The number of nitrogens with one attached hydrogen (secondary N) is 1. The van der Waals surface area contributed by atoms with Gasteiger partial charge in [0.05, 0.1) is 11.3 Å². The van der Waals surface area contributed by atoms with Gasteiger partial charge in [-0.3, -0.25) is 9.48 Å². The van der Waals surface area contributed by atoms with Crippen LogP contribution in [0.4, 0.5) is 4.39 Å². The third-order valence-corrected chi connectivity index (χ3v) is 3.99. The SMILES string of the molecule is CCc1nn(C)c(Cl)c1C(=O)NCc1cc(Br)ccc1F. The lowest BCUT2D eigenvalue weighted by atomic mass is 10.1. The second-order valence-electron chi connectivity index (χ2n) is 4.51. The average Bonchev–Trinajstić information content (AvgIpc) is 2.75. The Morgan fingerprint density at radius 1 is 1.52 bits per heavy atom. The predicted molar refractivity (Wildman–Crippen MR) is 82.9 cm³/mol. The Bertz CT molecular complexity index is 687. The van der Waals surface area contributed by atoms with E-state index in [4.69, 9.17) is 11.6 Å². The lowest BCUT2D eigenvalue weighted by Crippen LogP contribution is -2.24. The van der Waals surface area contributed by atoms with E-state index >= 15 is 0 Å². The van der Waals surface area contributed by atoms with E-state index in [-0.39, 0.29) is 23.4 Å². The molecular formula is C14H14BrClFN3O. The first-order chi connectivity index (χ1) is 9.93. The van der Waals surface area contributed by atoms with Crippen molar-refractivity contribution < 1.29 is 9.18 Å². The van der Waals surface area contributed by atoms with E-state index in [0.29, 0.717) is 23.2 Å². The Hall–Kier alpha value is -1.40. The topological polar surface area (TPSA) is 46.9 Å². The highest BCUT2D eigenvalue weighted by Gasteiger charge is 2.20. The maximum atomic E-state index is 13.6. The molecule has 0 spiro atoms. The van der Waals surface area contributed by atoms with Gasteiger partial charge in [0.15, 0.2) is 0 Å². The van der Waals surface area contributed by atoms with Crippen molar-refractivity contribution in [3.8, 4) is 0 Å². The first-order valence-corrected chi connectivity index (χ1v) is 7.54. The van der Waals surface area contributed by atoms with Crippen molar-refractivity contribution in [1.82, 2.24) is 15.1 Å². The Morgan fingerprint density at radius 2 is 2.24 bits per heavy atom. The van der Waals surface area contributed by atoms with E-state index in [2.05, 4.69) is 26.3 Å². The van der Waals surface area contributed by atoms with Crippen LogP contribution in [0.2, 0.25) is 5.15 Å². The summed E-state index contributed by atoms with van der Waals surface area (Å²) >= 11 is 9.36. The molecule has 0 atom stereocenters. The Kier molecular flexibility index (Phi) is 5.00. The minimum Gasteiger partial charge on any atom is -0.348 e. The van der Waals surface area contributed by atoms with Crippen molar-refractivity contribution >= 4 is 33.4 Å². The summed E-state index contributed by atoms with van der Waals surface area (Å²) in [6, 6.07) is 4.58. The average molecular weight is 375 g/mol. The molecule has 112 valence electrons. The summed E-state index contributed by atoms with van der Waals surface area (Å²) in [6.07, 6.45) is 0.592. The van der Waals surface area contributed by atoms with E-state index in [1.807, 2.05) is 6.92 Å². The van der Waals surface area contributed by atoms with Gasteiger partial charge in [-0.15, -0.1) is 0 Å². The second-order valence-corrected chi connectivity index (χ2v) is 5.78. The largest absolute Gasteiger partial charge is 0.348 e. The van der Waals surface area contributed by atoms with Crippen LogP contribution >= 0.6 is 27.5 Å². The van der Waals surface area contributed by atoms with Crippen LogP contribution in [0.5, 0.6) is 0 Å². The minimum atomic E-state index is -0.369. The molecule has 0 aliphatic carbocycles. The normalized spacial score (nSPS) is 10.7. The third kappa shape index (κ3) is 3.44. The molecule has 0 aliphatic heterocycles. The number of rotatable bonds is 4. The van der Waals surface area contributed by atoms with E-state index < -0.39 is 0 Å². The number of nitrogens with zero attached hydrogens (tertiary/aromatic N) is 2. The Labute approximate surface area is 135 Å². The fraction of sp³-hybridized carbons (Fsp3) is 0.286. The zero-order valence-electron chi connectivity index (χ0n) is 11.6. The van der Waals surface area contributed by atoms with Gasteiger partial charge in [-0.05, 0) is 24.6 Å². The predicted octanol–water partition coefficient (Wildman–Crippen LogP) is 3.47. The zero-order valence-corrected chi connectivity index (χ0v) is 13.9. The van der Waals surface area contributed by atoms with Crippen molar-refractivity contribution in [2.75, 3.05) is 0 Å². The molecule has 0 bridgehead atoms. The van der Waals surface area contributed by atoms with Gasteiger partial charge in [-0.2, -0.15) is 5.10 Å². The van der Waals surface area contributed by atoms with Crippen LogP contribution in [0.25, 0.3) is 0 Å². The molecule has 1 aromatic heterocycles. The molecular weight excluding hydrogens is 361 g/mol. The van der Waals surface area contributed by atoms with Crippen LogP contribution in [0, 0.1) is 5.82 Å². The fourth-order valence-electron chi connectivity index (χ4n) is 1.97. The van der Waals surface area contributed by atoms with Crippen LogP contribution in [-0.4, -0.2) is 15.7 Å². The van der Waals surface area contributed by atoms with Crippen molar-refractivity contribution in [3.05, 3.63) is 50.5 Å². The van der Waals surface area contributed by atoms with Gasteiger partial charge < -0.3 is 5.32 Å². The number of carbonyl (C=O) groups excluding carboxylic acids is 1. The number of halogens is 3. The van der Waals surface area contributed by atoms with Gasteiger partial charge in [-0.25, -0.2) is 4.39 Å². The summed E-state index contributed by atoms with van der Waals surface area (Å²) in [5.41, 5.74) is 1.36. The van der Waals surface area contributed by atoms with E-state index in [0.717, 1.165) is 4.47 Å².